The molecule has 96 valence electrons. The van der Waals surface area contributed by atoms with Crippen LogP contribution in [-0.4, -0.2) is 56.7 Å². The molecule has 1 rings (SSSR count). The van der Waals surface area contributed by atoms with Gasteiger partial charge in [0, 0.05) is 26.3 Å². The van der Waals surface area contributed by atoms with Crippen LogP contribution in [0.15, 0.2) is 0 Å². The third-order valence-corrected chi connectivity index (χ3v) is 2.12. The Bertz CT molecular complexity index is 179. The van der Waals surface area contributed by atoms with Gasteiger partial charge in [-0.1, -0.05) is 13.8 Å². The molecular formula is C12H25NO3. The predicted molar refractivity (Wildman–Crippen MR) is 64.7 cm³/mol. The first-order chi connectivity index (χ1) is 7.68. The fraction of sp³-hybridized carbons (Fsp3) is 0.917. The van der Waals surface area contributed by atoms with Gasteiger partial charge in [-0.05, 0) is 20.4 Å². The molecule has 0 radical (unpaired) electrons. The molecule has 0 aromatic rings. The maximum atomic E-state index is 10.5. The highest BCUT2D eigenvalue weighted by Gasteiger charge is 2.22. The van der Waals surface area contributed by atoms with Gasteiger partial charge < -0.3 is 14.4 Å². The summed E-state index contributed by atoms with van der Waals surface area (Å²) in [5.41, 5.74) is 0. The van der Waals surface area contributed by atoms with Crippen LogP contribution in [0.2, 0.25) is 0 Å². The largest absolute Gasteiger partial charge is 0.375 e. The molecule has 0 aliphatic carbocycles. The molecule has 0 aromatic carbocycles. The fourth-order valence-corrected chi connectivity index (χ4v) is 1.37. The summed E-state index contributed by atoms with van der Waals surface area (Å²) >= 11 is 0. The number of rotatable bonds is 7. The minimum Gasteiger partial charge on any atom is -0.375 e. The topological polar surface area (TPSA) is 38.8 Å². The van der Waals surface area contributed by atoms with E-state index in [4.69, 9.17) is 9.47 Å². The molecule has 1 saturated heterocycles. The predicted octanol–water partition coefficient (Wildman–Crippen LogP) is 1.34. The van der Waals surface area contributed by atoms with Gasteiger partial charge in [0.2, 0.25) is 0 Å². The van der Waals surface area contributed by atoms with Crippen LogP contribution in [0.4, 0.5) is 0 Å². The van der Waals surface area contributed by atoms with Crippen molar-refractivity contribution in [3.63, 3.8) is 0 Å². The lowest BCUT2D eigenvalue weighted by Gasteiger charge is -2.35. The van der Waals surface area contributed by atoms with Crippen molar-refractivity contribution < 1.29 is 14.3 Å². The number of carbonyl (C=O) groups excluding carboxylic acids is 1. The third-order valence-electron chi connectivity index (χ3n) is 2.12. The van der Waals surface area contributed by atoms with Gasteiger partial charge >= 0.3 is 0 Å². The second-order valence-corrected chi connectivity index (χ2v) is 3.82. The quantitative estimate of drug-likeness (QED) is 0.620. The van der Waals surface area contributed by atoms with Crippen molar-refractivity contribution in [1.82, 2.24) is 4.90 Å². The minimum absolute atomic E-state index is 0.0755. The van der Waals surface area contributed by atoms with Crippen molar-refractivity contribution >= 4 is 5.78 Å². The smallest absolute Gasteiger partial charge is 0.155 e. The number of likely N-dealkylation sites (N-methyl/N-ethyl adjacent to an activating group) is 1. The van der Waals surface area contributed by atoms with Gasteiger partial charge in [-0.3, -0.25) is 4.79 Å². The number of likely N-dealkylation sites (tertiary alicyclic amines) is 1. The van der Waals surface area contributed by atoms with Crippen LogP contribution in [0, 0.1) is 0 Å². The molecule has 0 unspecified atom stereocenters. The van der Waals surface area contributed by atoms with E-state index in [-0.39, 0.29) is 12.4 Å². The van der Waals surface area contributed by atoms with E-state index < -0.39 is 0 Å². The average Bonchev–Trinajstić information content (AvgIpc) is 2.22. The Morgan fingerprint density at radius 1 is 1.31 bits per heavy atom. The van der Waals surface area contributed by atoms with Gasteiger partial charge in [-0.25, -0.2) is 0 Å². The average molecular weight is 231 g/mol. The molecule has 0 bridgehead atoms. The summed E-state index contributed by atoms with van der Waals surface area (Å²) in [5.74, 6) is 0.0755. The monoisotopic (exact) mass is 231 g/mol. The van der Waals surface area contributed by atoms with Crippen LogP contribution in [0.3, 0.4) is 0 Å². The summed E-state index contributed by atoms with van der Waals surface area (Å²) < 4.78 is 10.7. The minimum atomic E-state index is 0.0755. The van der Waals surface area contributed by atoms with Gasteiger partial charge in [0.1, 0.15) is 6.61 Å². The molecule has 1 fully saturated rings. The van der Waals surface area contributed by atoms with Crippen LogP contribution in [0.5, 0.6) is 0 Å². The molecule has 0 atom stereocenters. The zero-order valence-corrected chi connectivity index (χ0v) is 11.0. The zero-order valence-electron chi connectivity index (χ0n) is 11.0. The van der Waals surface area contributed by atoms with E-state index in [1.165, 1.54) is 6.92 Å². The molecule has 1 aliphatic heterocycles. The van der Waals surface area contributed by atoms with Gasteiger partial charge in [0.25, 0.3) is 0 Å². The molecule has 0 aromatic heterocycles. The number of nitrogens with zero attached hydrogens (tertiary/aromatic N) is 1. The van der Waals surface area contributed by atoms with Gasteiger partial charge in [0.05, 0.1) is 6.10 Å². The number of ketones is 1. The molecule has 4 nitrogen and oxygen atoms in total. The summed E-state index contributed by atoms with van der Waals surface area (Å²) in [6, 6.07) is 0. The van der Waals surface area contributed by atoms with Crippen molar-refractivity contribution in [2.45, 2.75) is 33.3 Å². The van der Waals surface area contributed by atoms with Crippen LogP contribution < -0.4 is 0 Å². The highest BCUT2D eigenvalue weighted by atomic mass is 16.5. The van der Waals surface area contributed by atoms with Crippen LogP contribution in [-0.2, 0) is 14.3 Å². The standard InChI is InChI=1S/C10H19NO3.C2H6/c1-9(12)8-13-4-3-5-14-10-6-11(2)7-10;1-2/h10H,3-8H2,1-2H3;1-2H3. The number of Topliss-reactive ketones (excluding diaryl/α,β-unsaturated/α-hetero) is 1. The van der Waals surface area contributed by atoms with Gasteiger partial charge in [0.15, 0.2) is 5.78 Å². The van der Waals surface area contributed by atoms with E-state index in [9.17, 15) is 4.79 Å². The Morgan fingerprint density at radius 2 is 1.94 bits per heavy atom. The molecule has 0 saturated carbocycles. The van der Waals surface area contributed by atoms with Crippen molar-refractivity contribution in [3.8, 4) is 0 Å². The Labute approximate surface area is 98.9 Å². The SMILES string of the molecule is CC.CC(=O)COCCCOC1CN(C)C1. The van der Waals surface area contributed by atoms with E-state index in [0.29, 0.717) is 12.7 Å². The summed E-state index contributed by atoms with van der Waals surface area (Å²) in [7, 11) is 2.08. The first-order valence-electron chi connectivity index (χ1n) is 6.06. The Balaban J connectivity index is 0.00000106. The van der Waals surface area contributed by atoms with E-state index in [1.54, 1.807) is 0 Å². The number of ether oxygens (including phenoxy) is 2. The lowest BCUT2D eigenvalue weighted by Crippen LogP contribution is -2.49. The van der Waals surface area contributed by atoms with Gasteiger partial charge in [-0.15, -0.1) is 0 Å². The molecular weight excluding hydrogens is 206 g/mol. The number of carbonyl (C=O) groups is 1. The number of hydrogen-bond acceptors (Lipinski definition) is 4. The molecule has 4 heteroatoms. The van der Waals surface area contributed by atoms with Gasteiger partial charge in [-0.2, -0.15) is 0 Å². The van der Waals surface area contributed by atoms with Crippen molar-refractivity contribution in [2.24, 2.45) is 0 Å². The lowest BCUT2D eigenvalue weighted by atomic mass is 10.2. The highest BCUT2D eigenvalue weighted by Crippen LogP contribution is 2.08. The first-order valence-corrected chi connectivity index (χ1v) is 6.06. The van der Waals surface area contributed by atoms with E-state index in [1.807, 2.05) is 13.8 Å². The number of hydrogen-bond donors (Lipinski definition) is 0. The third kappa shape index (κ3) is 7.79. The van der Waals surface area contributed by atoms with Crippen molar-refractivity contribution in [1.29, 1.82) is 0 Å². The molecule has 0 amide bonds. The molecule has 0 spiro atoms. The molecule has 1 heterocycles. The maximum absolute atomic E-state index is 10.5. The van der Waals surface area contributed by atoms with Crippen LogP contribution in [0.25, 0.3) is 0 Å². The zero-order chi connectivity index (χ0) is 12.4. The Hall–Kier alpha value is -0.450. The van der Waals surface area contributed by atoms with E-state index in [2.05, 4.69) is 11.9 Å². The lowest BCUT2D eigenvalue weighted by molar-refractivity contribution is -0.121. The second-order valence-electron chi connectivity index (χ2n) is 3.82. The summed E-state index contributed by atoms with van der Waals surface area (Å²) in [6.07, 6.45) is 1.28. The first kappa shape index (κ1) is 15.6. The summed E-state index contributed by atoms with van der Waals surface area (Å²) in [6.45, 7) is 9.17. The normalized spacial score (nSPS) is 16.2. The Kier molecular flexibility index (Phi) is 9.48. The summed E-state index contributed by atoms with van der Waals surface area (Å²) in [4.78, 5) is 12.7. The second kappa shape index (κ2) is 9.75. The van der Waals surface area contributed by atoms with Crippen LogP contribution in [0.1, 0.15) is 27.2 Å². The highest BCUT2D eigenvalue weighted by molar-refractivity contribution is 5.76. The summed E-state index contributed by atoms with van der Waals surface area (Å²) in [5, 5.41) is 0. The van der Waals surface area contributed by atoms with Crippen molar-refractivity contribution in [2.75, 3.05) is 40.0 Å². The van der Waals surface area contributed by atoms with Crippen molar-refractivity contribution in [3.05, 3.63) is 0 Å². The molecule has 1 aliphatic rings. The van der Waals surface area contributed by atoms with E-state index >= 15 is 0 Å². The van der Waals surface area contributed by atoms with E-state index in [0.717, 1.165) is 26.1 Å². The Morgan fingerprint density at radius 3 is 2.44 bits per heavy atom. The molecule has 0 N–H and O–H groups in total. The maximum Gasteiger partial charge on any atom is 0.155 e. The molecule has 16 heavy (non-hydrogen) atoms. The fourth-order valence-electron chi connectivity index (χ4n) is 1.37. The van der Waals surface area contributed by atoms with Crippen LogP contribution >= 0.6 is 0 Å².